The van der Waals surface area contributed by atoms with Gasteiger partial charge in [0.1, 0.15) is 0 Å². The molecule has 4 atom stereocenters. The van der Waals surface area contributed by atoms with Crippen molar-refractivity contribution in [3.63, 3.8) is 0 Å². The van der Waals surface area contributed by atoms with Gasteiger partial charge >= 0.3 is 11.9 Å². The van der Waals surface area contributed by atoms with Crippen molar-refractivity contribution in [2.45, 2.75) is 57.9 Å². The van der Waals surface area contributed by atoms with Gasteiger partial charge in [-0.1, -0.05) is 48.5 Å². The molecule has 2 aromatic rings. The van der Waals surface area contributed by atoms with Crippen molar-refractivity contribution in [2.75, 3.05) is 0 Å². The lowest BCUT2D eigenvalue weighted by molar-refractivity contribution is -0.156. The topological polar surface area (TPSA) is 139 Å². The standard InChI is InChI=1S/C11H13NO2.C9H11NO.C4H6O3/c1-7(13)12-11-9-5-3-2-4-8(9)6-10(11)14;10-9-7-4-2-1-3-6(7)5-8(9)11;1-3(5)7-4(2)6/h2-5,10-11,14H,6H2,1H3,(H,12,13);1-4,8-9,11H,5,10H2;1-2H3/t10-,11-;8-,9-;/m11./s1. The van der Waals surface area contributed by atoms with Crippen LogP contribution in [0.5, 0.6) is 0 Å². The number of nitrogens with two attached hydrogens (primary N) is 1. The first-order valence-corrected chi connectivity index (χ1v) is 10.3. The van der Waals surface area contributed by atoms with Gasteiger partial charge in [0.15, 0.2) is 0 Å². The number of aliphatic hydroxyl groups excluding tert-OH is 2. The van der Waals surface area contributed by atoms with Crippen molar-refractivity contribution < 1.29 is 29.3 Å². The molecule has 0 aromatic heterocycles. The molecule has 0 saturated carbocycles. The second kappa shape index (κ2) is 11.5. The van der Waals surface area contributed by atoms with Crippen molar-refractivity contribution in [1.29, 1.82) is 0 Å². The fourth-order valence-corrected chi connectivity index (χ4v) is 3.77. The molecule has 0 heterocycles. The molecule has 1 amide bonds. The number of ether oxygens (including phenoxy) is 1. The number of hydrogen-bond acceptors (Lipinski definition) is 7. The first-order valence-electron chi connectivity index (χ1n) is 10.3. The van der Waals surface area contributed by atoms with Crippen molar-refractivity contribution in [2.24, 2.45) is 5.73 Å². The van der Waals surface area contributed by atoms with Gasteiger partial charge in [0.05, 0.1) is 24.3 Å². The molecule has 0 aliphatic heterocycles. The lowest BCUT2D eigenvalue weighted by atomic mass is 10.1. The van der Waals surface area contributed by atoms with Crippen LogP contribution in [0.1, 0.15) is 55.1 Å². The third-order valence-electron chi connectivity index (χ3n) is 5.11. The Labute approximate surface area is 187 Å². The summed E-state index contributed by atoms with van der Waals surface area (Å²) in [5.74, 6) is -1.23. The SMILES string of the molecule is CC(=O)N[C@@H]1c2ccccc2C[C@H]1O.CC(=O)OC(C)=O.N[C@@H]1c2ccccc2C[C@H]1O. The Morgan fingerprint density at radius 1 is 0.844 bits per heavy atom. The highest BCUT2D eigenvalue weighted by Crippen LogP contribution is 2.31. The lowest BCUT2D eigenvalue weighted by Crippen LogP contribution is -2.32. The summed E-state index contributed by atoms with van der Waals surface area (Å²) in [5, 5.41) is 21.9. The Kier molecular flexibility index (Phi) is 9.07. The average Bonchev–Trinajstić information content (AvgIpc) is 3.18. The van der Waals surface area contributed by atoms with Crippen LogP contribution in [0.3, 0.4) is 0 Å². The van der Waals surface area contributed by atoms with Crippen LogP contribution in [0.4, 0.5) is 0 Å². The summed E-state index contributed by atoms with van der Waals surface area (Å²) in [6.07, 6.45) is 0.460. The van der Waals surface area contributed by atoms with Crippen LogP contribution in [0.2, 0.25) is 0 Å². The number of rotatable bonds is 1. The van der Waals surface area contributed by atoms with E-state index < -0.39 is 18.0 Å². The Bertz CT molecular complexity index is 949. The van der Waals surface area contributed by atoms with E-state index in [2.05, 4.69) is 10.1 Å². The van der Waals surface area contributed by atoms with Gasteiger partial charge in [0.2, 0.25) is 5.91 Å². The molecule has 2 aliphatic rings. The maximum Gasteiger partial charge on any atom is 0.310 e. The van der Waals surface area contributed by atoms with Gasteiger partial charge in [0.25, 0.3) is 0 Å². The van der Waals surface area contributed by atoms with E-state index in [1.54, 1.807) is 0 Å². The van der Waals surface area contributed by atoms with Crippen LogP contribution in [0.15, 0.2) is 48.5 Å². The van der Waals surface area contributed by atoms with E-state index in [1.807, 2.05) is 48.5 Å². The number of fused-ring (bicyclic) bond motifs is 2. The quantitative estimate of drug-likeness (QED) is 0.387. The first kappa shape index (κ1) is 25.2. The number of amides is 1. The highest BCUT2D eigenvalue weighted by molar-refractivity contribution is 5.82. The van der Waals surface area contributed by atoms with E-state index in [0.29, 0.717) is 12.8 Å². The molecule has 32 heavy (non-hydrogen) atoms. The zero-order chi connectivity index (χ0) is 23.8. The van der Waals surface area contributed by atoms with E-state index in [9.17, 15) is 24.6 Å². The number of carbonyl (C=O) groups is 3. The van der Waals surface area contributed by atoms with Crippen LogP contribution in [0.25, 0.3) is 0 Å². The molecule has 0 radical (unpaired) electrons. The normalized spacial score (nSPS) is 22.2. The van der Waals surface area contributed by atoms with Crippen molar-refractivity contribution in [3.8, 4) is 0 Å². The molecule has 0 bridgehead atoms. The second-order valence-corrected chi connectivity index (χ2v) is 7.73. The fraction of sp³-hybridized carbons (Fsp3) is 0.375. The molecule has 0 unspecified atom stereocenters. The van der Waals surface area contributed by atoms with Crippen LogP contribution < -0.4 is 11.1 Å². The molecular weight excluding hydrogens is 412 g/mol. The van der Waals surface area contributed by atoms with Crippen molar-refractivity contribution in [1.82, 2.24) is 5.32 Å². The van der Waals surface area contributed by atoms with Crippen molar-refractivity contribution in [3.05, 3.63) is 70.8 Å². The molecular formula is C24H30N2O6. The number of benzene rings is 2. The third-order valence-corrected chi connectivity index (χ3v) is 5.11. The maximum absolute atomic E-state index is 10.9. The van der Waals surface area contributed by atoms with E-state index in [4.69, 9.17) is 5.73 Å². The van der Waals surface area contributed by atoms with Crippen molar-refractivity contribution >= 4 is 17.8 Å². The minimum Gasteiger partial charge on any atom is -0.394 e. The first-order chi connectivity index (χ1) is 15.1. The molecule has 0 fully saturated rings. The molecule has 172 valence electrons. The van der Waals surface area contributed by atoms with Crippen LogP contribution in [0, 0.1) is 0 Å². The van der Waals surface area contributed by atoms with Crippen LogP contribution in [-0.4, -0.2) is 40.3 Å². The Hall–Kier alpha value is -3.07. The van der Waals surface area contributed by atoms with E-state index in [1.165, 1.54) is 26.3 Å². The molecule has 0 spiro atoms. The summed E-state index contributed by atoms with van der Waals surface area (Å²) in [5.41, 5.74) is 10.2. The van der Waals surface area contributed by atoms with E-state index in [0.717, 1.165) is 16.7 Å². The molecule has 2 aromatic carbocycles. The average molecular weight is 443 g/mol. The summed E-state index contributed by atoms with van der Waals surface area (Å²) in [4.78, 5) is 30.6. The summed E-state index contributed by atoms with van der Waals surface area (Å²) < 4.78 is 3.97. The van der Waals surface area contributed by atoms with E-state index in [-0.39, 0.29) is 24.1 Å². The monoisotopic (exact) mass is 442 g/mol. The van der Waals surface area contributed by atoms with Gasteiger partial charge in [-0.2, -0.15) is 0 Å². The van der Waals surface area contributed by atoms with Gasteiger partial charge < -0.3 is 26.0 Å². The molecule has 8 heteroatoms. The van der Waals surface area contributed by atoms with Gasteiger partial charge in [-0.25, -0.2) is 0 Å². The van der Waals surface area contributed by atoms with Crippen LogP contribution in [-0.2, 0) is 32.0 Å². The number of hydrogen-bond donors (Lipinski definition) is 4. The second-order valence-electron chi connectivity index (χ2n) is 7.73. The largest absolute Gasteiger partial charge is 0.394 e. The Balaban J connectivity index is 0.000000181. The van der Waals surface area contributed by atoms with E-state index >= 15 is 0 Å². The number of nitrogens with one attached hydrogen (secondary N) is 1. The van der Waals surface area contributed by atoms with Gasteiger partial charge in [-0.15, -0.1) is 0 Å². The molecule has 2 aliphatic carbocycles. The highest BCUT2D eigenvalue weighted by atomic mass is 16.6. The molecule has 5 N–H and O–H groups in total. The Morgan fingerprint density at radius 3 is 1.78 bits per heavy atom. The summed E-state index contributed by atoms with van der Waals surface area (Å²) in [6.45, 7) is 3.83. The summed E-state index contributed by atoms with van der Waals surface area (Å²) >= 11 is 0. The van der Waals surface area contributed by atoms with Gasteiger partial charge in [0, 0.05) is 33.6 Å². The highest BCUT2D eigenvalue weighted by Gasteiger charge is 2.31. The minimum absolute atomic E-state index is 0.106. The summed E-state index contributed by atoms with van der Waals surface area (Å²) in [7, 11) is 0. The summed E-state index contributed by atoms with van der Waals surface area (Å²) in [6, 6.07) is 15.3. The van der Waals surface area contributed by atoms with Gasteiger partial charge in [-0.3, -0.25) is 14.4 Å². The number of aliphatic hydroxyl groups is 2. The predicted molar refractivity (Wildman–Crippen MR) is 118 cm³/mol. The molecule has 0 saturated heterocycles. The fourth-order valence-electron chi connectivity index (χ4n) is 3.77. The number of carbonyl (C=O) groups excluding carboxylic acids is 3. The minimum atomic E-state index is -0.562. The predicted octanol–water partition coefficient (Wildman–Crippen LogP) is 1.48. The zero-order valence-electron chi connectivity index (χ0n) is 18.4. The third kappa shape index (κ3) is 6.98. The zero-order valence-corrected chi connectivity index (χ0v) is 18.4. The lowest BCUT2D eigenvalue weighted by Gasteiger charge is -2.16. The van der Waals surface area contributed by atoms with Gasteiger partial charge in [-0.05, 0) is 22.3 Å². The molecule has 8 nitrogen and oxygen atoms in total. The smallest absolute Gasteiger partial charge is 0.310 e. The maximum atomic E-state index is 10.9. The van der Waals surface area contributed by atoms with Crippen LogP contribution >= 0.6 is 0 Å². The molecule has 4 rings (SSSR count). The number of esters is 2. The Morgan fingerprint density at radius 2 is 1.31 bits per heavy atom.